The Balaban J connectivity index is 2.36. The van der Waals surface area contributed by atoms with Crippen LogP contribution in [0.4, 0.5) is 0 Å². The molecule has 5 heteroatoms. The summed E-state index contributed by atoms with van der Waals surface area (Å²) in [6.07, 6.45) is 2.50. The third-order valence-electron chi connectivity index (χ3n) is 1.92. The molecule has 3 nitrogen and oxygen atoms in total. The highest BCUT2D eigenvalue weighted by Crippen LogP contribution is 2.31. The lowest BCUT2D eigenvalue weighted by molar-refractivity contribution is 0.937. The number of thiophene rings is 1. The van der Waals surface area contributed by atoms with Gasteiger partial charge in [-0.2, -0.15) is 0 Å². The monoisotopic (exact) mass is 227 g/mol. The number of nitrogens with one attached hydrogen (secondary N) is 1. The van der Waals surface area contributed by atoms with E-state index in [4.69, 9.17) is 17.3 Å². The normalized spacial score (nSPS) is 10.7. The molecule has 0 spiro atoms. The van der Waals surface area contributed by atoms with Crippen molar-refractivity contribution >= 4 is 22.9 Å². The van der Waals surface area contributed by atoms with Crippen LogP contribution in [-0.4, -0.2) is 16.5 Å². The molecule has 0 saturated carbocycles. The van der Waals surface area contributed by atoms with Crippen molar-refractivity contribution in [1.82, 2.24) is 9.97 Å². The van der Waals surface area contributed by atoms with E-state index < -0.39 is 0 Å². The number of imidazole rings is 1. The first kappa shape index (κ1) is 9.71. The van der Waals surface area contributed by atoms with Crippen LogP contribution in [0.1, 0.15) is 5.69 Å². The van der Waals surface area contributed by atoms with E-state index >= 15 is 0 Å². The molecule has 2 heterocycles. The minimum absolute atomic E-state index is 0.619. The number of aromatic nitrogens is 2. The molecular formula is C9H10ClN3S. The van der Waals surface area contributed by atoms with Gasteiger partial charge >= 0.3 is 0 Å². The van der Waals surface area contributed by atoms with Crippen molar-refractivity contribution < 1.29 is 0 Å². The quantitative estimate of drug-likeness (QED) is 0.846. The fourth-order valence-corrected chi connectivity index (χ4v) is 2.38. The fourth-order valence-electron chi connectivity index (χ4n) is 1.31. The Morgan fingerprint density at radius 3 is 3.00 bits per heavy atom. The van der Waals surface area contributed by atoms with Crippen LogP contribution >= 0.6 is 22.9 Å². The number of H-pyrrole nitrogens is 1. The Hall–Kier alpha value is -0.840. The maximum atomic E-state index is 5.86. The lowest BCUT2D eigenvalue weighted by Gasteiger charge is -1.97. The Labute approximate surface area is 90.9 Å². The van der Waals surface area contributed by atoms with E-state index in [0.29, 0.717) is 6.54 Å². The van der Waals surface area contributed by atoms with Crippen LogP contribution in [0.25, 0.3) is 10.6 Å². The molecular weight excluding hydrogens is 218 g/mol. The van der Waals surface area contributed by atoms with Gasteiger partial charge in [0.05, 0.1) is 15.5 Å². The summed E-state index contributed by atoms with van der Waals surface area (Å²) >= 11 is 7.39. The molecule has 0 bridgehead atoms. The Morgan fingerprint density at radius 2 is 2.36 bits per heavy atom. The van der Waals surface area contributed by atoms with E-state index in [1.54, 1.807) is 6.33 Å². The second kappa shape index (κ2) is 4.13. The lowest BCUT2D eigenvalue weighted by atomic mass is 10.2. The molecule has 14 heavy (non-hydrogen) atoms. The van der Waals surface area contributed by atoms with Gasteiger partial charge in [-0.1, -0.05) is 11.6 Å². The van der Waals surface area contributed by atoms with Gasteiger partial charge in [0.25, 0.3) is 0 Å². The van der Waals surface area contributed by atoms with E-state index in [-0.39, 0.29) is 0 Å². The molecule has 0 atom stereocenters. The third-order valence-corrected chi connectivity index (χ3v) is 3.16. The van der Waals surface area contributed by atoms with Gasteiger partial charge in [-0.05, 0) is 18.7 Å². The van der Waals surface area contributed by atoms with Crippen molar-refractivity contribution in [3.8, 4) is 10.6 Å². The van der Waals surface area contributed by atoms with Crippen LogP contribution in [0.5, 0.6) is 0 Å². The van der Waals surface area contributed by atoms with Crippen LogP contribution in [0, 0.1) is 0 Å². The van der Waals surface area contributed by atoms with Gasteiger partial charge in [0, 0.05) is 12.1 Å². The van der Waals surface area contributed by atoms with Crippen molar-refractivity contribution in [3.63, 3.8) is 0 Å². The molecule has 0 unspecified atom stereocenters. The second-order valence-electron chi connectivity index (χ2n) is 2.87. The zero-order chi connectivity index (χ0) is 9.97. The number of rotatable bonds is 3. The minimum Gasteiger partial charge on any atom is -0.348 e. The van der Waals surface area contributed by atoms with Crippen LogP contribution in [-0.2, 0) is 6.42 Å². The Kier molecular flexibility index (Phi) is 2.86. The van der Waals surface area contributed by atoms with Gasteiger partial charge in [0.2, 0.25) is 0 Å². The highest BCUT2D eigenvalue weighted by atomic mass is 35.5. The molecule has 2 aromatic rings. The molecule has 0 fully saturated rings. The van der Waals surface area contributed by atoms with Crippen molar-refractivity contribution in [2.24, 2.45) is 5.73 Å². The zero-order valence-electron chi connectivity index (χ0n) is 7.46. The number of nitrogens with zero attached hydrogens (tertiary/aromatic N) is 1. The van der Waals surface area contributed by atoms with Crippen molar-refractivity contribution in [1.29, 1.82) is 0 Å². The largest absolute Gasteiger partial charge is 0.348 e. The van der Waals surface area contributed by atoms with E-state index in [2.05, 4.69) is 9.97 Å². The molecule has 0 aliphatic carbocycles. The standard InChI is InChI=1S/C9H10ClN3S/c10-8-2-1-7(14-8)9-6(3-4-11)12-5-13-9/h1-2,5H,3-4,11H2,(H,12,13). The Bertz CT molecular complexity index is 421. The molecule has 3 N–H and O–H groups in total. The molecule has 0 aliphatic heterocycles. The second-order valence-corrected chi connectivity index (χ2v) is 4.59. The summed E-state index contributed by atoms with van der Waals surface area (Å²) in [5.74, 6) is 0. The summed E-state index contributed by atoms with van der Waals surface area (Å²) in [5, 5.41) is 0. The van der Waals surface area contributed by atoms with E-state index in [1.807, 2.05) is 12.1 Å². The van der Waals surface area contributed by atoms with Gasteiger partial charge in [0.1, 0.15) is 5.69 Å². The van der Waals surface area contributed by atoms with Gasteiger partial charge in [0.15, 0.2) is 0 Å². The van der Waals surface area contributed by atoms with Gasteiger partial charge < -0.3 is 10.7 Å². The SMILES string of the molecule is NCCc1[nH]cnc1-c1ccc(Cl)s1. The van der Waals surface area contributed by atoms with Gasteiger partial charge in [-0.15, -0.1) is 11.3 Å². The number of hydrogen-bond donors (Lipinski definition) is 2. The molecule has 0 aliphatic rings. The molecule has 0 radical (unpaired) electrons. The summed E-state index contributed by atoms with van der Waals surface area (Å²) in [4.78, 5) is 8.43. The molecule has 0 saturated heterocycles. The number of nitrogens with two attached hydrogens (primary N) is 1. The van der Waals surface area contributed by atoms with Gasteiger partial charge in [-0.25, -0.2) is 4.98 Å². The molecule has 2 aromatic heterocycles. The van der Waals surface area contributed by atoms with Crippen LogP contribution in [0.2, 0.25) is 4.34 Å². The van der Waals surface area contributed by atoms with Crippen molar-refractivity contribution in [3.05, 3.63) is 28.5 Å². The molecule has 0 amide bonds. The third kappa shape index (κ3) is 1.82. The predicted octanol–water partition coefficient (Wildman–Crippen LogP) is 2.29. The first-order chi connectivity index (χ1) is 6.81. The number of aromatic amines is 1. The van der Waals surface area contributed by atoms with Crippen LogP contribution in [0.15, 0.2) is 18.5 Å². The molecule has 0 aromatic carbocycles. The maximum absolute atomic E-state index is 5.86. The van der Waals surface area contributed by atoms with E-state index in [9.17, 15) is 0 Å². The maximum Gasteiger partial charge on any atom is 0.101 e. The topological polar surface area (TPSA) is 54.7 Å². The number of halogens is 1. The minimum atomic E-state index is 0.619. The smallest absolute Gasteiger partial charge is 0.101 e. The first-order valence-corrected chi connectivity index (χ1v) is 5.48. The first-order valence-electron chi connectivity index (χ1n) is 4.29. The predicted molar refractivity (Wildman–Crippen MR) is 59.7 cm³/mol. The summed E-state index contributed by atoms with van der Waals surface area (Å²) in [6.45, 7) is 0.619. The zero-order valence-corrected chi connectivity index (χ0v) is 9.03. The van der Waals surface area contributed by atoms with Crippen LogP contribution < -0.4 is 5.73 Å². The molecule has 74 valence electrons. The van der Waals surface area contributed by atoms with Crippen molar-refractivity contribution in [2.45, 2.75) is 6.42 Å². The summed E-state index contributed by atoms with van der Waals surface area (Å²) in [7, 11) is 0. The lowest BCUT2D eigenvalue weighted by Crippen LogP contribution is -2.03. The number of hydrogen-bond acceptors (Lipinski definition) is 3. The molecule has 2 rings (SSSR count). The fraction of sp³-hybridized carbons (Fsp3) is 0.222. The summed E-state index contributed by atoms with van der Waals surface area (Å²) in [6, 6.07) is 3.85. The van der Waals surface area contributed by atoms with Gasteiger partial charge in [-0.3, -0.25) is 0 Å². The summed E-state index contributed by atoms with van der Waals surface area (Å²) in [5.41, 5.74) is 7.54. The van der Waals surface area contributed by atoms with E-state index in [1.165, 1.54) is 11.3 Å². The highest BCUT2D eigenvalue weighted by Gasteiger charge is 2.09. The Morgan fingerprint density at radius 1 is 1.50 bits per heavy atom. The van der Waals surface area contributed by atoms with E-state index in [0.717, 1.165) is 27.0 Å². The van der Waals surface area contributed by atoms with Crippen LogP contribution in [0.3, 0.4) is 0 Å². The summed E-state index contributed by atoms with van der Waals surface area (Å²) < 4.78 is 0.779. The average molecular weight is 228 g/mol. The average Bonchev–Trinajstić information content (AvgIpc) is 2.74. The highest BCUT2D eigenvalue weighted by molar-refractivity contribution is 7.19. The van der Waals surface area contributed by atoms with Crippen molar-refractivity contribution in [2.75, 3.05) is 6.54 Å².